The number of hydrogen-bond acceptors (Lipinski definition) is 6. The van der Waals surface area contributed by atoms with Gasteiger partial charge in [-0.05, 0) is 19.4 Å². The Morgan fingerprint density at radius 3 is 2.68 bits per heavy atom. The van der Waals surface area contributed by atoms with Crippen LogP contribution in [0.1, 0.15) is 19.4 Å². The lowest BCUT2D eigenvalue weighted by Gasteiger charge is -2.28. The molecule has 4 atom stereocenters. The summed E-state index contributed by atoms with van der Waals surface area (Å²) in [6.07, 6.45) is -1.84. The van der Waals surface area contributed by atoms with E-state index in [4.69, 9.17) is 24.7 Å². The van der Waals surface area contributed by atoms with Gasteiger partial charge in [-0.2, -0.15) is 5.26 Å². The van der Waals surface area contributed by atoms with Crippen molar-refractivity contribution in [2.75, 3.05) is 6.61 Å². The average Bonchev–Trinajstić information content (AvgIpc) is 2.93. The Hall–Kier alpha value is -1.49. The number of ether oxygens (including phenoxy) is 4. The Kier molecular flexibility index (Phi) is 3.93. The summed E-state index contributed by atoms with van der Waals surface area (Å²) in [6, 6.07) is 11.9. The number of nitrogens with zero attached hydrogens (tertiary/aromatic N) is 1. The molecular weight excluding hydrogens is 284 g/mol. The molecule has 0 unspecified atom stereocenters. The van der Waals surface area contributed by atoms with E-state index >= 15 is 0 Å². The molecule has 1 aromatic rings. The molecule has 2 heterocycles. The molecule has 0 bridgehead atoms. The summed E-state index contributed by atoms with van der Waals surface area (Å²) in [5.74, 6) is -0.799. The van der Waals surface area contributed by atoms with E-state index in [1.54, 1.807) is 13.8 Å². The number of rotatable bonds is 4. The van der Waals surface area contributed by atoms with E-state index in [0.717, 1.165) is 5.56 Å². The van der Waals surface area contributed by atoms with Crippen molar-refractivity contribution >= 4 is 0 Å². The van der Waals surface area contributed by atoms with Crippen molar-refractivity contribution in [2.24, 2.45) is 5.73 Å². The van der Waals surface area contributed by atoms with Crippen molar-refractivity contribution in [3.63, 3.8) is 0 Å². The van der Waals surface area contributed by atoms with E-state index in [0.29, 0.717) is 6.61 Å². The van der Waals surface area contributed by atoms with Gasteiger partial charge in [0.15, 0.2) is 17.6 Å². The van der Waals surface area contributed by atoms with Gasteiger partial charge in [0, 0.05) is 0 Å². The maximum Gasteiger partial charge on any atom is 0.190 e. The van der Waals surface area contributed by atoms with Gasteiger partial charge in [-0.15, -0.1) is 0 Å². The Morgan fingerprint density at radius 1 is 1.27 bits per heavy atom. The van der Waals surface area contributed by atoms with Crippen molar-refractivity contribution in [3.8, 4) is 6.07 Å². The van der Waals surface area contributed by atoms with Crippen LogP contribution in [0.5, 0.6) is 0 Å². The van der Waals surface area contributed by atoms with Gasteiger partial charge in [-0.25, -0.2) is 0 Å². The molecule has 0 saturated carbocycles. The van der Waals surface area contributed by atoms with Crippen molar-refractivity contribution in [3.05, 3.63) is 35.9 Å². The first-order valence-electron chi connectivity index (χ1n) is 7.27. The summed E-state index contributed by atoms with van der Waals surface area (Å²) in [7, 11) is 0. The summed E-state index contributed by atoms with van der Waals surface area (Å²) < 4.78 is 22.8. The van der Waals surface area contributed by atoms with Gasteiger partial charge >= 0.3 is 0 Å². The van der Waals surface area contributed by atoms with Crippen molar-refractivity contribution in [1.29, 1.82) is 5.26 Å². The molecule has 0 radical (unpaired) electrons. The zero-order valence-corrected chi connectivity index (χ0v) is 12.7. The van der Waals surface area contributed by atoms with E-state index in [1.807, 2.05) is 30.3 Å². The van der Waals surface area contributed by atoms with E-state index in [2.05, 4.69) is 6.07 Å². The second kappa shape index (κ2) is 5.61. The van der Waals surface area contributed by atoms with Gasteiger partial charge in [0.2, 0.25) is 0 Å². The van der Waals surface area contributed by atoms with Gasteiger partial charge in [0.05, 0.1) is 19.3 Å². The van der Waals surface area contributed by atoms with E-state index in [9.17, 15) is 5.26 Å². The highest BCUT2D eigenvalue weighted by molar-refractivity contribution is 5.21. The molecule has 22 heavy (non-hydrogen) atoms. The SMILES string of the molecule is CC1(C)O[C@H]2O[C@H](COCc3ccccc3)[C@@](N)(C#N)[C@H]2O1. The van der Waals surface area contributed by atoms with Crippen molar-refractivity contribution in [1.82, 2.24) is 0 Å². The minimum Gasteiger partial charge on any atom is -0.374 e. The third kappa shape index (κ3) is 2.74. The zero-order chi connectivity index (χ0) is 15.8. The first-order valence-corrected chi connectivity index (χ1v) is 7.27. The molecule has 0 amide bonds. The number of benzene rings is 1. The van der Waals surface area contributed by atoms with Crippen LogP contribution in [0, 0.1) is 11.3 Å². The summed E-state index contributed by atoms with van der Waals surface area (Å²) >= 11 is 0. The molecule has 2 saturated heterocycles. The lowest BCUT2D eigenvalue weighted by molar-refractivity contribution is -0.214. The first kappa shape index (κ1) is 15.4. The van der Waals surface area contributed by atoms with Gasteiger partial charge < -0.3 is 24.7 Å². The Balaban J connectivity index is 1.62. The van der Waals surface area contributed by atoms with Gasteiger partial charge in [0.25, 0.3) is 0 Å². The van der Waals surface area contributed by atoms with Crippen LogP contribution in [-0.4, -0.2) is 36.4 Å². The fourth-order valence-corrected chi connectivity index (χ4v) is 2.78. The van der Waals surface area contributed by atoms with Crippen molar-refractivity contribution < 1.29 is 18.9 Å². The maximum atomic E-state index is 9.48. The highest BCUT2D eigenvalue weighted by atomic mass is 16.8. The molecule has 2 N–H and O–H groups in total. The van der Waals surface area contributed by atoms with Gasteiger partial charge in [0.1, 0.15) is 12.2 Å². The molecule has 0 spiro atoms. The summed E-state index contributed by atoms with van der Waals surface area (Å²) in [4.78, 5) is 0. The standard InChI is InChI=1S/C16H20N2O4/c1-15(2)21-13-14(22-15)20-12(16(13,18)10-17)9-19-8-11-6-4-3-5-7-11/h3-7,12-14H,8-9,18H2,1-2H3/t12-,13+,14-,16+/m1/s1. The monoisotopic (exact) mass is 304 g/mol. The summed E-state index contributed by atoms with van der Waals surface area (Å²) in [6.45, 7) is 4.19. The number of hydrogen-bond donors (Lipinski definition) is 1. The molecule has 0 aromatic heterocycles. The Labute approximate surface area is 129 Å². The summed E-state index contributed by atoms with van der Waals surface area (Å²) in [5, 5.41) is 9.48. The molecule has 2 fully saturated rings. The minimum absolute atomic E-state index is 0.207. The third-order valence-corrected chi connectivity index (χ3v) is 3.93. The molecule has 2 aliphatic rings. The smallest absolute Gasteiger partial charge is 0.190 e. The Morgan fingerprint density at radius 2 is 2.00 bits per heavy atom. The van der Waals surface area contributed by atoms with E-state index in [1.165, 1.54) is 0 Å². The van der Waals surface area contributed by atoms with Crippen LogP contribution in [0.25, 0.3) is 0 Å². The maximum absolute atomic E-state index is 9.48. The topological polar surface area (TPSA) is 86.7 Å². The lowest BCUT2D eigenvalue weighted by Crippen LogP contribution is -2.56. The highest BCUT2D eigenvalue weighted by Crippen LogP contribution is 2.41. The molecule has 2 aliphatic heterocycles. The molecule has 6 heteroatoms. The Bertz CT molecular complexity index is 571. The second-order valence-electron chi connectivity index (χ2n) is 6.09. The van der Waals surface area contributed by atoms with Crippen LogP contribution in [0.4, 0.5) is 0 Å². The molecule has 3 rings (SSSR count). The minimum atomic E-state index is -1.28. The van der Waals surface area contributed by atoms with Gasteiger partial charge in [-0.3, -0.25) is 0 Å². The van der Waals surface area contributed by atoms with Crippen LogP contribution < -0.4 is 5.73 Å². The van der Waals surface area contributed by atoms with E-state index < -0.39 is 29.8 Å². The number of fused-ring (bicyclic) bond motifs is 1. The fourth-order valence-electron chi connectivity index (χ4n) is 2.78. The molecule has 118 valence electrons. The number of nitriles is 1. The largest absolute Gasteiger partial charge is 0.374 e. The molecular formula is C16H20N2O4. The van der Waals surface area contributed by atoms with Gasteiger partial charge in [-0.1, -0.05) is 30.3 Å². The van der Waals surface area contributed by atoms with Crippen LogP contribution in [0.3, 0.4) is 0 Å². The highest BCUT2D eigenvalue weighted by Gasteiger charge is 2.62. The fraction of sp³-hybridized carbons (Fsp3) is 0.562. The summed E-state index contributed by atoms with van der Waals surface area (Å²) in [5.41, 5.74) is 5.98. The lowest BCUT2D eigenvalue weighted by atomic mass is 9.91. The molecule has 6 nitrogen and oxygen atoms in total. The first-order chi connectivity index (χ1) is 10.4. The van der Waals surface area contributed by atoms with E-state index in [-0.39, 0.29) is 6.61 Å². The average molecular weight is 304 g/mol. The predicted octanol–water partition coefficient (Wildman–Crippen LogP) is 1.30. The van der Waals surface area contributed by atoms with Crippen LogP contribution in [0.2, 0.25) is 0 Å². The quantitative estimate of drug-likeness (QED) is 0.902. The van der Waals surface area contributed by atoms with Crippen LogP contribution >= 0.6 is 0 Å². The van der Waals surface area contributed by atoms with Crippen LogP contribution in [-0.2, 0) is 25.6 Å². The predicted molar refractivity (Wildman–Crippen MR) is 77.3 cm³/mol. The zero-order valence-electron chi connectivity index (χ0n) is 12.7. The normalized spacial score (nSPS) is 36.0. The third-order valence-electron chi connectivity index (χ3n) is 3.93. The number of nitrogens with two attached hydrogens (primary N) is 1. The second-order valence-corrected chi connectivity index (χ2v) is 6.09. The van der Waals surface area contributed by atoms with Crippen molar-refractivity contribution in [2.45, 2.75) is 50.3 Å². The molecule has 0 aliphatic carbocycles. The van der Waals surface area contributed by atoms with Crippen LogP contribution in [0.15, 0.2) is 30.3 Å². The molecule has 1 aromatic carbocycles.